The van der Waals surface area contributed by atoms with Crippen molar-refractivity contribution in [1.29, 1.82) is 0 Å². The largest absolute Gasteiger partial charge is 0.341 e. The molecule has 1 N–H and O–H groups in total. The number of nitrogens with zero attached hydrogens (tertiary/aromatic N) is 2. The van der Waals surface area contributed by atoms with Crippen LogP contribution in [0.3, 0.4) is 0 Å². The van der Waals surface area contributed by atoms with Gasteiger partial charge in [-0.2, -0.15) is 0 Å². The van der Waals surface area contributed by atoms with Gasteiger partial charge in [-0.25, -0.2) is 4.39 Å². The molecule has 1 saturated heterocycles. The minimum absolute atomic E-state index is 0.0479. The maximum absolute atomic E-state index is 13.7. The summed E-state index contributed by atoms with van der Waals surface area (Å²) in [7, 11) is 1.78. The Hall–Kier alpha value is -2.73. The predicted molar refractivity (Wildman–Crippen MR) is 111 cm³/mol. The van der Waals surface area contributed by atoms with Gasteiger partial charge < -0.3 is 15.1 Å². The van der Waals surface area contributed by atoms with E-state index in [2.05, 4.69) is 5.32 Å². The van der Waals surface area contributed by atoms with Gasteiger partial charge in [0, 0.05) is 44.7 Å². The minimum atomic E-state index is -0.301. The summed E-state index contributed by atoms with van der Waals surface area (Å²) in [4.78, 5) is 28.7. The number of carbonyl (C=O) groups is 2. The number of hydrogen-bond acceptors (Lipinski definition) is 3. The first-order chi connectivity index (χ1) is 13.9. The highest BCUT2D eigenvalue weighted by molar-refractivity contribution is 5.94. The van der Waals surface area contributed by atoms with Gasteiger partial charge in [-0.1, -0.05) is 38.1 Å². The zero-order valence-corrected chi connectivity index (χ0v) is 17.2. The van der Waals surface area contributed by atoms with Crippen LogP contribution >= 0.6 is 0 Å². The van der Waals surface area contributed by atoms with E-state index in [0.29, 0.717) is 31.7 Å². The molecule has 1 aliphatic rings. The van der Waals surface area contributed by atoms with E-state index >= 15 is 0 Å². The number of nitrogens with one attached hydrogen (secondary N) is 1. The third-order valence-electron chi connectivity index (χ3n) is 5.23. The average molecular weight is 397 g/mol. The molecule has 154 valence electrons. The summed E-state index contributed by atoms with van der Waals surface area (Å²) in [5.74, 6) is -0.332. The molecule has 2 aromatic rings. The molecule has 0 aliphatic carbocycles. The smallest absolute Gasteiger partial charge is 0.254 e. The highest BCUT2D eigenvalue weighted by atomic mass is 19.1. The number of rotatable bonds is 5. The lowest BCUT2D eigenvalue weighted by Crippen LogP contribution is -2.48. The SMILES string of the molecule is CC(C)C(=O)N(C)Cc1ccc(C(=O)N2CCNCC2c2cccc(F)c2)cc1. The third kappa shape index (κ3) is 5.01. The summed E-state index contributed by atoms with van der Waals surface area (Å²) < 4.78 is 13.7. The van der Waals surface area contributed by atoms with Crippen molar-refractivity contribution in [2.24, 2.45) is 5.92 Å². The zero-order chi connectivity index (χ0) is 21.0. The van der Waals surface area contributed by atoms with E-state index < -0.39 is 0 Å². The zero-order valence-electron chi connectivity index (χ0n) is 17.2. The summed E-state index contributed by atoms with van der Waals surface area (Å²) in [5.41, 5.74) is 2.35. The van der Waals surface area contributed by atoms with Crippen molar-refractivity contribution >= 4 is 11.8 Å². The lowest BCUT2D eigenvalue weighted by molar-refractivity contribution is -0.133. The monoisotopic (exact) mass is 397 g/mol. The molecule has 6 heteroatoms. The molecule has 0 radical (unpaired) electrons. The van der Waals surface area contributed by atoms with Crippen molar-refractivity contribution in [1.82, 2.24) is 15.1 Å². The molecule has 0 bridgehead atoms. The lowest BCUT2D eigenvalue weighted by Gasteiger charge is -2.36. The fraction of sp³-hybridized carbons (Fsp3) is 0.391. The Labute approximate surface area is 171 Å². The van der Waals surface area contributed by atoms with Crippen molar-refractivity contribution in [2.75, 3.05) is 26.7 Å². The Kier molecular flexibility index (Phi) is 6.64. The first-order valence-electron chi connectivity index (χ1n) is 9.98. The van der Waals surface area contributed by atoms with E-state index in [-0.39, 0.29) is 29.6 Å². The van der Waals surface area contributed by atoms with E-state index in [1.54, 1.807) is 35.0 Å². The summed E-state index contributed by atoms with van der Waals surface area (Å²) in [6, 6.07) is 13.6. The molecule has 0 aromatic heterocycles. The van der Waals surface area contributed by atoms with Gasteiger partial charge in [-0.15, -0.1) is 0 Å². The van der Waals surface area contributed by atoms with Crippen LogP contribution in [0.15, 0.2) is 48.5 Å². The molecule has 1 unspecified atom stereocenters. The highest BCUT2D eigenvalue weighted by Gasteiger charge is 2.28. The standard InChI is InChI=1S/C23H28FN3O2/c1-16(2)22(28)26(3)15-17-7-9-18(10-8-17)23(29)27-12-11-25-14-21(27)19-5-4-6-20(24)13-19/h4-10,13,16,21,25H,11-12,14-15H2,1-3H3. The van der Waals surface area contributed by atoms with E-state index in [4.69, 9.17) is 0 Å². The molecule has 1 atom stereocenters. The molecule has 3 rings (SSSR count). The number of amides is 2. The number of halogens is 1. The van der Waals surface area contributed by atoms with Gasteiger partial charge in [0.2, 0.25) is 5.91 Å². The number of benzene rings is 2. The van der Waals surface area contributed by atoms with Crippen molar-refractivity contribution in [3.05, 3.63) is 71.0 Å². The lowest BCUT2D eigenvalue weighted by atomic mass is 10.0. The second kappa shape index (κ2) is 9.18. The van der Waals surface area contributed by atoms with Gasteiger partial charge in [0.25, 0.3) is 5.91 Å². The van der Waals surface area contributed by atoms with Crippen LogP contribution in [0.4, 0.5) is 4.39 Å². The first-order valence-corrected chi connectivity index (χ1v) is 9.98. The van der Waals surface area contributed by atoms with Crippen molar-refractivity contribution in [3.8, 4) is 0 Å². The van der Waals surface area contributed by atoms with Gasteiger partial charge in [0.1, 0.15) is 5.82 Å². The molecule has 1 fully saturated rings. The minimum Gasteiger partial charge on any atom is -0.341 e. The van der Waals surface area contributed by atoms with Gasteiger partial charge in [0.15, 0.2) is 0 Å². The van der Waals surface area contributed by atoms with Gasteiger partial charge in [-0.05, 0) is 35.4 Å². The molecule has 2 aromatic carbocycles. The fourth-order valence-electron chi connectivity index (χ4n) is 3.67. The van der Waals surface area contributed by atoms with Gasteiger partial charge in [-0.3, -0.25) is 9.59 Å². The van der Waals surface area contributed by atoms with E-state index in [1.807, 2.05) is 32.0 Å². The summed E-state index contributed by atoms with van der Waals surface area (Å²) >= 11 is 0. The number of hydrogen-bond donors (Lipinski definition) is 1. The molecule has 5 nitrogen and oxygen atoms in total. The molecule has 0 spiro atoms. The maximum atomic E-state index is 13.7. The average Bonchev–Trinajstić information content (AvgIpc) is 2.73. The molecule has 1 aliphatic heterocycles. The molecule has 29 heavy (non-hydrogen) atoms. The molecular formula is C23H28FN3O2. The maximum Gasteiger partial charge on any atom is 0.254 e. The quantitative estimate of drug-likeness (QED) is 0.843. The van der Waals surface area contributed by atoms with Gasteiger partial charge >= 0.3 is 0 Å². The molecule has 0 saturated carbocycles. The Morgan fingerprint density at radius 1 is 1.21 bits per heavy atom. The number of carbonyl (C=O) groups excluding carboxylic acids is 2. The summed E-state index contributed by atoms with van der Waals surface area (Å²) in [6.07, 6.45) is 0. The summed E-state index contributed by atoms with van der Waals surface area (Å²) in [6.45, 7) is 6.12. The van der Waals surface area contributed by atoms with Crippen LogP contribution in [0.5, 0.6) is 0 Å². The topological polar surface area (TPSA) is 52.7 Å². The second-order valence-electron chi connectivity index (χ2n) is 7.82. The Morgan fingerprint density at radius 2 is 1.93 bits per heavy atom. The summed E-state index contributed by atoms with van der Waals surface area (Å²) in [5, 5.41) is 3.29. The van der Waals surface area contributed by atoms with Crippen LogP contribution in [0.1, 0.15) is 41.4 Å². The Balaban J connectivity index is 1.74. The van der Waals surface area contributed by atoms with Crippen molar-refractivity contribution in [3.63, 3.8) is 0 Å². The van der Waals surface area contributed by atoms with Crippen LogP contribution in [-0.2, 0) is 11.3 Å². The van der Waals surface area contributed by atoms with Crippen molar-refractivity contribution in [2.45, 2.75) is 26.4 Å². The Bertz CT molecular complexity index is 867. The van der Waals surface area contributed by atoms with Crippen LogP contribution in [-0.4, -0.2) is 48.3 Å². The number of piperazine rings is 1. The molecule has 1 heterocycles. The normalized spacial score (nSPS) is 16.7. The fourth-order valence-corrected chi connectivity index (χ4v) is 3.67. The van der Waals surface area contributed by atoms with E-state index in [9.17, 15) is 14.0 Å². The first kappa shape index (κ1) is 21.0. The van der Waals surface area contributed by atoms with E-state index in [1.165, 1.54) is 12.1 Å². The van der Waals surface area contributed by atoms with E-state index in [0.717, 1.165) is 11.1 Å². The third-order valence-corrected chi connectivity index (χ3v) is 5.23. The van der Waals surface area contributed by atoms with Crippen LogP contribution in [0.25, 0.3) is 0 Å². The highest BCUT2D eigenvalue weighted by Crippen LogP contribution is 2.25. The Morgan fingerprint density at radius 3 is 2.59 bits per heavy atom. The predicted octanol–water partition coefficient (Wildman–Crippen LogP) is 3.23. The second-order valence-corrected chi connectivity index (χ2v) is 7.82. The molecule has 2 amide bonds. The van der Waals surface area contributed by atoms with Gasteiger partial charge in [0.05, 0.1) is 6.04 Å². The van der Waals surface area contributed by atoms with Crippen molar-refractivity contribution < 1.29 is 14.0 Å². The van der Waals surface area contributed by atoms with Crippen LogP contribution < -0.4 is 5.32 Å². The van der Waals surface area contributed by atoms with Crippen LogP contribution in [0, 0.1) is 11.7 Å². The molecular weight excluding hydrogens is 369 g/mol. The van der Waals surface area contributed by atoms with Crippen LogP contribution in [0.2, 0.25) is 0 Å².